The highest BCUT2D eigenvalue weighted by Gasteiger charge is 2.10. The minimum Gasteiger partial charge on any atom is -0.318 e. The standard InChI is InChI=1S/C14H13NO2/c1-10-8-14(17)13(9-16)11(2)15(10)12-6-4-3-5-7-12/h3-9H,1-2H3. The highest BCUT2D eigenvalue weighted by Crippen LogP contribution is 2.14. The van der Waals surface area contributed by atoms with Crippen molar-refractivity contribution >= 4 is 6.29 Å². The van der Waals surface area contributed by atoms with Gasteiger partial charge in [0, 0.05) is 23.1 Å². The lowest BCUT2D eigenvalue weighted by Gasteiger charge is -2.15. The molecule has 0 saturated carbocycles. The third kappa shape index (κ3) is 1.91. The molecule has 86 valence electrons. The molecular weight excluding hydrogens is 214 g/mol. The van der Waals surface area contributed by atoms with Crippen LogP contribution in [-0.2, 0) is 0 Å². The molecular formula is C14H13NO2. The van der Waals surface area contributed by atoms with Crippen molar-refractivity contribution in [1.82, 2.24) is 4.57 Å². The summed E-state index contributed by atoms with van der Waals surface area (Å²) in [5.41, 5.74) is 2.45. The first kappa shape index (κ1) is 11.3. The predicted octanol–water partition coefficient (Wildman–Crippen LogP) is 2.27. The van der Waals surface area contributed by atoms with Gasteiger partial charge >= 0.3 is 0 Å². The van der Waals surface area contributed by atoms with Gasteiger partial charge in [-0.15, -0.1) is 0 Å². The molecule has 0 saturated heterocycles. The van der Waals surface area contributed by atoms with E-state index in [0.29, 0.717) is 12.0 Å². The molecule has 0 atom stereocenters. The van der Waals surface area contributed by atoms with Gasteiger partial charge in [-0.3, -0.25) is 9.59 Å². The Balaban J connectivity index is 2.79. The fourth-order valence-corrected chi connectivity index (χ4v) is 2.01. The number of hydrogen-bond acceptors (Lipinski definition) is 2. The summed E-state index contributed by atoms with van der Waals surface area (Å²) < 4.78 is 1.91. The maximum atomic E-state index is 11.6. The van der Waals surface area contributed by atoms with Crippen LogP contribution >= 0.6 is 0 Å². The molecule has 3 nitrogen and oxygen atoms in total. The van der Waals surface area contributed by atoms with Crippen LogP contribution in [0.5, 0.6) is 0 Å². The molecule has 0 aliphatic rings. The van der Waals surface area contributed by atoms with Gasteiger partial charge in [0.05, 0.1) is 5.56 Å². The van der Waals surface area contributed by atoms with Gasteiger partial charge in [0.2, 0.25) is 0 Å². The smallest absolute Gasteiger partial charge is 0.192 e. The zero-order valence-corrected chi connectivity index (χ0v) is 9.81. The van der Waals surface area contributed by atoms with Gasteiger partial charge in [-0.25, -0.2) is 0 Å². The highest BCUT2D eigenvalue weighted by molar-refractivity contribution is 5.76. The van der Waals surface area contributed by atoms with Crippen molar-refractivity contribution in [3.8, 4) is 5.69 Å². The Bertz CT molecular complexity index is 612. The van der Waals surface area contributed by atoms with Crippen LogP contribution < -0.4 is 5.43 Å². The van der Waals surface area contributed by atoms with Crippen molar-refractivity contribution < 1.29 is 4.79 Å². The monoisotopic (exact) mass is 227 g/mol. The summed E-state index contributed by atoms with van der Waals surface area (Å²) >= 11 is 0. The molecule has 0 spiro atoms. The van der Waals surface area contributed by atoms with E-state index in [0.717, 1.165) is 11.4 Å². The number of carbonyl (C=O) groups excluding carboxylic acids is 1. The van der Waals surface area contributed by atoms with Crippen LogP contribution in [0.25, 0.3) is 5.69 Å². The number of aromatic nitrogens is 1. The molecule has 0 bridgehead atoms. The van der Waals surface area contributed by atoms with Crippen LogP contribution in [0.15, 0.2) is 41.2 Å². The van der Waals surface area contributed by atoms with E-state index >= 15 is 0 Å². The van der Waals surface area contributed by atoms with Crippen LogP contribution in [0.3, 0.4) is 0 Å². The average Bonchev–Trinajstić information content (AvgIpc) is 2.30. The SMILES string of the molecule is Cc1cc(=O)c(C=O)c(C)n1-c1ccccc1. The molecule has 0 unspecified atom stereocenters. The summed E-state index contributed by atoms with van der Waals surface area (Å²) in [6.07, 6.45) is 0.622. The third-order valence-electron chi connectivity index (χ3n) is 2.82. The van der Waals surface area contributed by atoms with Crippen molar-refractivity contribution in [2.24, 2.45) is 0 Å². The average molecular weight is 227 g/mol. The summed E-state index contributed by atoms with van der Waals surface area (Å²) in [6.45, 7) is 3.64. The summed E-state index contributed by atoms with van der Waals surface area (Å²) in [6, 6.07) is 11.2. The number of carbonyl (C=O) groups is 1. The van der Waals surface area contributed by atoms with Crippen molar-refractivity contribution in [1.29, 1.82) is 0 Å². The molecule has 3 heteroatoms. The van der Waals surface area contributed by atoms with E-state index in [1.165, 1.54) is 6.07 Å². The maximum Gasteiger partial charge on any atom is 0.192 e. The largest absolute Gasteiger partial charge is 0.318 e. The van der Waals surface area contributed by atoms with Gasteiger partial charge in [-0.1, -0.05) is 18.2 Å². The number of aldehydes is 1. The quantitative estimate of drug-likeness (QED) is 0.738. The Hall–Kier alpha value is -2.16. The molecule has 0 aliphatic heterocycles. The first-order valence-corrected chi connectivity index (χ1v) is 5.39. The molecule has 2 rings (SSSR count). The summed E-state index contributed by atoms with van der Waals surface area (Å²) in [4.78, 5) is 22.6. The van der Waals surface area contributed by atoms with Crippen LogP contribution in [-0.4, -0.2) is 10.9 Å². The Morgan fingerprint density at radius 1 is 1.12 bits per heavy atom. The lowest BCUT2D eigenvalue weighted by Crippen LogP contribution is -2.17. The molecule has 0 radical (unpaired) electrons. The first-order chi connectivity index (χ1) is 8.15. The molecule has 0 N–H and O–H groups in total. The summed E-state index contributed by atoms with van der Waals surface area (Å²) in [5.74, 6) is 0. The van der Waals surface area contributed by atoms with Gasteiger partial charge in [-0.2, -0.15) is 0 Å². The normalized spacial score (nSPS) is 10.2. The lowest BCUT2D eigenvalue weighted by molar-refractivity contribution is 0.112. The maximum absolute atomic E-state index is 11.6. The van der Waals surface area contributed by atoms with E-state index in [4.69, 9.17) is 0 Å². The second kappa shape index (κ2) is 4.37. The molecule has 1 heterocycles. The zero-order chi connectivity index (χ0) is 12.4. The molecule has 17 heavy (non-hydrogen) atoms. The summed E-state index contributed by atoms with van der Waals surface area (Å²) in [5, 5.41) is 0. The zero-order valence-electron chi connectivity index (χ0n) is 9.81. The fraction of sp³-hybridized carbons (Fsp3) is 0.143. The van der Waals surface area contributed by atoms with Gasteiger partial charge in [0.25, 0.3) is 0 Å². The predicted molar refractivity (Wildman–Crippen MR) is 66.9 cm³/mol. The number of pyridine rings is 1. The number of rotatable bonds is 2. The van der Waals surface area contributed by atoms with E-state index < -0.39 is 0 Å². The lowest BCUT2D eigenvalue weighted by atomic mass is 10.1. The number of aryl methyl sites for hydroxylation is 1. The molecule has 1 aromatic carbocycles. The van der Waals surface area contributed by atoms with E-state index in [9.17, 15) is 9.59 Å². The number of benzene rings is 1. The van der Waals surface area contributed by atoms with E-state index in [-0.39, 0.29) is 11.0 Å². The second-order valence-corrected chi connectivity index (χ2v) is 3.94. The summed E-state index contributed by atoms with van der Waals surface area (Å²) in [7, 11) is 0. The Kier molecular flexibility index (Phi) is 2.91. The van der Waals surface area contributed by atoms with Gasteiger partial charge < -0.3 is 4.57 Å². The van der Waals surface area contributed by atoms with E-state index in [2.05, 4.69) is 0 Å². The van der Waals surface area contributed by atoms with Crippen molar-refractivity contribution in [3.63, 3.8) is 0 Å². The molecule has 2 aromatic rings. The minimum absolute atomic E-state index is 0.220. The molecule has 0 amide bonds. The van der Waals surface area contributed by atoms with Crippen molar-refractivity contribution in [3.05, 3.63) is 63.6 Å². The Labute approximate surface area is 99.3 Å². The highest BCUT2D eigenvalue weighted by atomic mass is 16.1. The van der Waals surface area contributed by atoms with Crippen LogP contribution in [0.2, 0.25) is 0 Å². The molecule has 0 fully saturated rings. The second-order valence-electron chi connectivity index (χ2n) is 3.94. The number of nitrogens with zero attached hydrogens (tertiary/aromatic N) is 1. The van der Waals surface area contributed by atoms with Crippen LogP contribution in [0.1, 0.15) is 21.7 Å². The number of para-hydroxylation sites is 1. The van der Waals surface area contributed by atoms with Crippen molar-refractivity contribution in [2.45, 2.75) is 13.8 Å². The van der Waals surface area contributed by atoms with Crippen molar-refractivity contribution in [2.75, 3.05) is 0 Å². The van der Waals surface area contributed by atoms with Gasteiger partial charge in [-0.05, 0) is 26.0 Å². The first-order valence-electron chi connectivity index (χ1n) is 5.39. The molecule has 1 aromatic heterocycles. The van der Waals surface area contributed by atoms with E-state index in [1.807, 2.05) is 41.8 Å². The topological polar surface area (TPSA) is 39.1 Å². The fourth-order valence-electron chi connectivity index (χ4n) is 2.01. The van der Waals surface area contributed by atoms with E-state index in [1.54, 1.807) is 6.92 Å². The Morgan fingerprint density at radius 2 is 1.76 bits per heavy atom. The Morgan fingerprint density at radius 3 is 2.35 bits per heavy atom. The van der Waals surface area contributed by atoms with Crippen LogP contribution in [0, 0.1) is 13.8 Å². The number of hydrogen-bond donors (Lipinski definition) is 0. The third-order valence-corrected chi connectivity index (χ3v) is 2.82. The van der Waals surface area contributed by atoms with Crippen LogP contribution in [0.4, 0.5) is 0 Å². The van der Waals surface area contributed by atoms with Gasteiger partial charge in [0.15, 0.2) is 11.7 Å². The van der Waals surface area contributed by atoms with Gasteiger partial charge in [0.1, 0.15) is 0 Å². The molecule has 0 aliphatic carbocycles. The minimum atomic E-state index is -0.220.